The lowest BCUT2D eigenvalue weighted by atomic mass is 9.83. The van der Waals surface area contributed by atoms with Crippen LogP contribution < -0.4 is 18.9 Å². The number of hydrogen-bond donors (Lipinski definition) is 1. The van der Waals surface area contributed by atoms with Crippen molar-refractivity contribution in [3.63, 3.8) is 0 Å². The van der Waals surface area contributed by atoms with E-state index in [1.165, 1.54) is 0 Å². The van der Waals surface area contributed by atoms with E-state index in [9.17, 15) is 5.11 Å². The second kappa shape index (κ2) is 7.77. The lowest BCUT2D eigenvalue weighted by Gasteiger charge is -2.23. The Bertz CT molecular complexity index is 746. The first-order valence-corrected chi connectivity index (χ1v) is 8.79. The van der Waals surface area contributed by atoms with Crippen molar-refractivity contribution in [1.82, 2.24) is 0 Å². The summed E-state index contributed by atoms with van der Waals surface area (Å²) in [7, 11) is 6.44. The van der Waals surface area contributed by atoms with Crippen molar-refractivity contribution in [1.29, 1.82) is 0 Å². The summed E-state index contributed by atoms with van der Waals surface area (Å²) in [5, 5.41) is 10.2. The molecular formula is C21H26O5. The molecule has 1 saturated carbocycles. The molecule has 1 aliphatic carbocycles. The fourth-order valence-electron chi connectivity index (χ4n) is 4.01. The summed E-state index contributed by atoms with van der Waals surface area (Å²) >= 11 is 0. The molecule has 0 bridgehead atoms. The van der Waals surface area contributed by atoms with Crippen LogP contribution in [0.1, 0.15) is 42.2 Å². The highest BCUT2D eigenvalue weighted by Gasteiger charge is 2.32. The lowest BCUT2D eigenvalue weighted by molar-refractivity contribution is 0.323. The molecule has 2 atom stereocenters. The van der Waals surface area contributed by atoms with Gasteiger partial charge in [0.2, 0.25) is 5.75 Å². The zero-order chi connectivity index (χ0) is 18.7. The Kier molecular flexibility index (Phi) is 5.45. The van der Waals surface area contributed by atoms with Gasteiger partial charge in [-0.05, 0) is 60.1 Å². The minimum atomic E-state index is 0.181. The highest BCUT2D eigenvalue weighted by molar-refractivity contribution is 5.55. The molecule has 26 heavy (non-hydrogen) atoms. The molecule has 140 valence electrons. The smallest absolute Gasteiger partial charge is 0.203 e. The van der Waals surface area contributed by atoms with E-state index in [0.29, 0.717) is 34.8 Å². The minimum absolute atomic E-state index is 0.181. The highest BCUT2D eigenvalue weighted by Crippen LogP contribution is 2.50. The molecule has 0 radical (unpaired) electrons. The standard InChI is InChI=1S/C21H26O5/c1-23-18-9-8-13(10-17(18)22)15-6-5-7-16(15)14-11-19(24-2)21(26-4)20(12-14)25-3/h8-12,15-16,22H,5-7H2,1-4H3. The second-order valence-corrected chi connectivity index (χ2v) is 6.53. The van der Waals surface area contributed by atoms with Crippen LogP contribution in [0.4, 0.5) is 0 Å². The summed E-state index contributed by atoms with van der Waals surface area (Å²) in [6, 6.07) is 9.76. The summed E-state index contributed by atoms with van der Waals surface area (Å²) in [6.45, 7) is 0. The first kappa shape index (κ1) is 18.2. The van der Waals surface area contributed by atoms with Gasteiger partial charge in [0.15, 0.2) is 23.0 Å². The molecule has 0 heterocycles. The third kappa shape index (κ3) is 3.26. The van der Waals surface area contributed by atoms with Crippen molar-refractivity contribution in [2.45, 2.75) is 31.1 Å². The van der Waals surface area contributed by atoms with Crippen LogP contribution in [-0.2, 0) is 0 Å². The molecule has 0 amide bonds. The molecule has 0 spiro atoms. The fraction of sp³-hybridized carbons (Fsp3) is 0.429. The molecule has 3 rings (SSSR count). The topological polar surface area (TPSA) is 57.2 Å². The highest BCUT2D eigenvalue weighted by atomic mass is 16.5. The SMILES string of the molecule is COc1ccc(C2CCCC2c2cc(OC)c(OC)c(OC)c2)cc1O. The molecule has 2 aromatic rings. The maximum atomic E-state index is 10.2. The summed E-state index contributed by atoms with van der Waals surface area (Å²) in [4.78, 5) is 0. The van der Waals surface area contributed by atoms with Crippen molar-refractivity contribution >= 4 is 0 Å². The van der Waals surface area contributed by atoms with E-state index in [0.717, 1.165) is 30.4 Å². The molecule has 5 nitrogen and oxygen atoms in total. The predicted octanol–water partition coefficient (Wildman–Crippen LogP) is 4.48. The van der Waals surface area contributed by atoms with Crippen LogP contribution in [-0.4, -0.2) is 33.5 Å². The maximum absolute atomic E-state index is 10.2. The zero-order valence-corrected chi connectivity index (χ0v) is 15.7. The first-order valence-electron chi connectivity index (χ1n) is 8.79. The van der Waals surface area contributed by atoms with Gasteiger partial charge in [-0.15, -0.1) is 0 Å². The minimum Gasteiger partial charge on any atom is -0.504 e. The Morgan fingerprint density at radius 3 is 1.81 bits per heavy atom. The van der Waals surface area contributed by atoms with Gasteiger partial charge in [0.25, 0.3) is 0 Å². The molecule has 2 aromatic carbocycles. The number of aromatic hydroxyl groups is 1. The molecular weight excluding hydrogens is 332 g/mol. The van der Waals surface area contributed by atoms with E-state index in [2.05, 4.69) is 0 Å². The van der Waals surface area contributed by atoms with E-state index in [-0.39, 0.29) is 5.75 Å². The van der Waals surface area contributed by atoms with Gasteiger partial charge in [0, 0.05) is 0 Å². The monoisotopic (exact) mass is 358 g/mol. The van der Waals surface area contributed by atoms with Crippen molar-refractivity contribution in [2.24, 2.45) is 0 Å². The normalized spacial score (nSPS) is 19.2. The van der Waals surface area contributed by atoms with Crippen LogP contribution >= 0.6 is 0 Å². The van der Waals surface area contributed by atoms with E-state index in [1.807, 2.05) is 30.3 Å². The molecule has 2 unspecified atom stereocenters. The second-order valence-electron chi connectivity index (χ2n) is 6.53. The number of hydrogen-bond acceptors (Lipinski definition) is 5. The molecule has 1 aliphatic rings. The van der Waals surface area contributed by atoms with E-state index in [4.69, 9.17) is 18.9 Å². The third-order valence-electron chi connectivity index (χ3n) is 5.26. The average Bonchev–Trinajstić information content (AvgIpc) is 3.16. The number of phenols is 1. The van der Waals surface area contributed by atoms with Crippen molar-refractivity contribution < 1.29 is 24.1 Å². The van der Waals surface area contributed by atoms with Crippen LogP contribution in [0.3, 0.4) is 0 Å². The average molecular weight is 358 g/mol. The summed E-state index contributed by atoms with van der Waals surface area (Å²) in [5.74, 6) is 3.29. The Balaban J connectivity index is 1.99. The maximum Gasteiger partial charge on any atom is 0.203 e. The summed E-state index contributed by atoms with van der Waals surface area (Å²) < 4.78 is 21.6. The van der Waals surface area contributed by atoms with Gasteiger partial charge in [-0.25, -0.2) is 0 Å². The Morgan fingerprint density at radius 1 is 0.731 bits per heavy atom. The molecule has 0 saturated heterocycles. The summed E-state index contributed by atoms with van der Waals surface area (Å²) in [6.07, 6.45) is 3.29. The number of benzene rings is 2. The van der Waals surface area contributed by atoms with Gasteiger partial charge in [0.05, 0.1) is 28.4 Å². The van der Waals surface area contributed by atoms with E-state index >= 15 is 0 Å². The number of rotatable bonds is 6. The van der Waals surface area contributed by atoms with Crippen LogP contribution in [0.5, 0.6) is 28.7 Å². The van der Waals surface area contributed by atoms with Crippen LogP contribution in [0.15, 0.2) is 30.3 Å². The van der Waals surface area contributed by atoms with Crippen molar-refractivity contribution in [2.75, 3.05) is 28.4 Å². The zero-order valence-electron chi connectivity index (χ0n) is 15.7. The summed E-state index contributed by atoms with van der Waals surface area (Å²) in [5.41, 5.74) is 2.29. The Hall–Kier alpha value is -2.56. The predicted molar refractivity (Wildman–Crippen MR) is 100 cm³/mol. The molecule has 1 N–H and O–H groups in total. The molecule has 0 aromatic heterocycles. The molecule has 0 aliphatic heterocycles. The van der Waals surface area contributed by atoms with Crippen molar-refractivity contribution in [3.05, 3.63) is 41.5 Å². The van der Waals surface area contributed by atoms with Gasteiger partial charge in [-0.2, -0.15) is 0 Å². The van der Waals surface area contributed by atoms with Gasteiger partial charge >= 0.3 is 0 Å². The van der Waals surface area contributed by atoms with Gasteiger partial charge in [-0.1, -0.05) is 12.5 Å². The first-order chi connectivity index (χ1) is 12.6. The Morgan fingerprint density at radius 2 is 1.31 bits per heavy atom. The Labute approximate surface area is 154 Å². The largest absolute Gasteiger partial charge is 0.504 e. The quantitative estimate of drug-likeness (QED) is 0.825. The third-order valence-corrected chi connectivity index (χ3v) is 5.26. The molecule has 1 fully saturated rings. The van der Waals surface area contributed by atoms with E-state index < -0.39 is 0 Å². The van der Waals surface area contributed by atoms with Gasteiger partial charge in [0.1, 0.15) is 0 Å². The van der Waals surface area contributed by atoms with Gasteiger partial charge < -0.3 is 24.1 Å². The lowest BCUT2D eigenvalue weighted by Crippen LogP contribution is -2.06. The van der Waals surface area contributed by atoms with Gasteiger partial charge in [-0.3, -0.25) is 0 Å². The number of phenolic OH excluding ortho intramolecular Hbond substituents is 1. The number of ether oxygens (including phenoxy) is 4. The molecule has 5 heteroatoms. The van der Waals surface area contributed by atoms with Crippen molar-refractivity contribution in [3.8, 4) is 28.7 Å². The number of methoxy groups -OCH3 is 4. The van der Waals surface area contributed by atoms with Crippen LogP contribution in [0.2, 0.25) is 0 Å². The fourth-order valence-corrected chi connectivity index (χ4v) is 4.01. The van der Waals surface area contributed by atoms with Crippen LogP contribution in [0.25, 0.3) is 0 Å². The van der Waals surface area contributed by atoms with Crippen LogP contribution in [0, 0.1) is 0 Å². The van der Waals surface area contributed by atoms with E-state index in [1.54, 1.807) is 28.4 Å².